The molecule has 0 radical (unpaired) electrons. The first-order valence-corrected chi connectivity index (χ1v) is 18.6. The van der Waals surface area contributed by atoms with Crippen LogP contribution in [0.2, 0.25) is 0 Å². The highest BCUT2D eigenvalue weighted by atomic mass is 32.2. The van der Waals surface area contributed by atoms with Crippen molar-refractivity contribution in [2.45, 2.75) is 16.1 Å². The Bertz CT molecular complexity index is 2890. The first kappa shape index (κ1) is 28.8. The molecule has 1 aliphatic carbocycles. The van der Waals surface area contributed by atoms with Crippen molar-refractivity contribution in [1.29, 1.82) is 0 Å². The molecule has 2 aliphatic rings. The van der Waals surface area contributed by atoms with E-state index in [4.69, 9.17) is 0 Å². The Hall–Kier alpha value is -6.03. The van der Waals surface area contributed by atoms with Gasteiger partial charge in [-0.3, -0.25) is 0 Å². The van der Waals surface area contributed by atoms with Crippen molar-refractivity contribution < 1.29 is 0 Å². The highest BCUT2D eigenvalue weighted by molar-refractivity contribution is 8.00. The van der Waals surface area contributed by atoms with Crippen LogP contribution >= 0.6 is 11.8 Å². The van der Waals surface area contributed by atoms with Gasteiger partial charge in [-0.2, -0.15) is 0 Å². The number of para-hydroxylation sites is 2. The summed E-state index contributed by atoms with van der Waals surface area (Å²) in [5, 5.41) is 5.55. The van der Waals surface area contributed by atoms with Crippen LogP contribution in [0.25, 0.3) is 77.2 Å². The van der Waals surface area contributed by atoms with Gasteiger partial charge >= 0.3 is 0 Å². The van der Waals surface area contributed by atoms with Crippen molar-refractivity contribution in [1.82, 2.24) is 9.13 Å². The molecular formula is C48H32N2S. The van der Waals surface area contributed by atoms with Crippen LogP contribution in [0.4, 0.5) is 0 Å². The highest BCUT2D eigenvalue weighted by Gasteiger charge is 2.34. The van der Waals surface area contributed by atoms with Crippen molar-refractivity contribution >= 4 is 55.4 Å². The van der Waals surface area contributed by atoms with Crippen LogP contribution in [0.3, 0.4) is 0 Å². The van der Waals surface area contributed by atoms with E-state index in [2.05, 4.69) is 191 Å². The van der Waals surface area contributed by atoms with Gasteiger partial charge in [0, 0.05) is 43.3 Å². The number of nitrogens with zero attached hydrogens (tertiary/aromatic N) is 2. The van der Waals surface area contributed by atoms with Crippen LogP contribution in [-0.2, 0) is 0 Å². The van der Waals surface area contributed by atoms with E-state index in [-0.39, 0.29) is 0 Å². The molecule has 9 aromatic rings. The fraction of sp³-hybridized carbons (Fsp3) is 0.0417. The van der Waals surface area contributed by atoms with Crippen LogP contribution in [0.1, 0.15) is 11.5 Å². The number of thioether (sulfide) groups is 1. The van der Waals surface area contributed by atoms with Gasteiger partial charge in [-0.15, -0.1) is 11.8 Å². The topological polar surface area (TPSA) is 9.86 Å². The maximum absolute atomic E-state index is 2.50. The number of allylic oxidation sites excluding steroid dienone is 3. The lowest BCUT2D eigenvalue weighted by Crippen LogP contribution is -2.09. The van der Waals surface area contributed by atoms with Crippen LogP contribution in [0, 0.1) is 0 Å². The molecule has 0 saturated carbocycles. The van der Waals surface area contributed by atoms with E-state index in [9.17, 15) is 0 Å². The minimum Gasteiger partial charge on any atom is -0.309 e. The van der Waals surface area contributed by atoms with Gasteiger partial charge in [-0.1, -0.05) is 121 Å². The average Bonchev–Trinajstić information content (AvgIpc) is 3.86. The van der Waals surface area contributed by atoms with Gasteiger partial charge in [0.1, 0.15) is 0 Å². The summed E-state index contributed by atoms with van der Waals surface area (Å²) in [6, 6.07) is 58.1. The van der Waals surface area contributed by atoms with Crippen molar-refractivity contribution in [3.63, 3.8) is 0 Å². The van der Waals surface area contributed by atoms with Crippen molar-refractivity contribution in [2.75, 3.05) is 0 Å². The van der Waals surface area contributed by atoms with Crippen LogP contribution in [0.5, 0.6) is 0 Å². The first-order valence-electron chi connectivity index (χ1n) is 17.7. The number of fused-ring (bicyclic) bond motifs is 9. The van der Waals surface area contributed by atoms with Crippen molar-refractivity contribution in [3.05, 3.63) is 188 Å². The molecule has 3 heterocycles. The summed E-state index contributed by atoms with van der Waals surface area (Å²) in [6.07, 6.45) is 9.14. The van der Waals surface area contributed by atoms with Gasteiger partial charge < -0.3 is 9.13 Å². The lowest BCUT2D eigenvalue weighted by molar-refractivity contribution is 0.867. The minimum atomic E-state index is 0.386. The molecule has 0 bridgehead atoms. The second-order valence-corrected chi connectivity index (χ2v) is 14.9. The van der Waals surface area contributed by atoms with E-state index < -0.39 is 0 Å². The molecule has 0 amide bonds. The molecule has 1 aliphatic heterocycles. The van der Waals surface area contributed by atoms with Gasteiger partial charge in [0.25, 0.3) is 0 Å². The minimum absolute atomic E-state index is 0.386. The first-order chi connectivity index (χ1) is 25.3. The molecule has 2 aromatic heterocycles. The predicted molar refractivity (Wildman–Crippen MR) is 217 cm³/mol. The Morgan fingerprint density at radius 1 is 0.412 bits per heavy atom. The number of hydrogen-bond donors (Lipinski definition) is 0. The van der Waals surface area contributed by atoms with Crippen molar-refractivity contribution in [3.8, 4) is 33.6 Å². The Balaban J connectivity index is 1.06. The summed E-state index contributed by atoms with van der Waals surface area (Å²) in [5.74, 6) is 0.386. The van der Waals surface area contributed by atoms with Gasteiger partial charge in [0.2, 0.25) is 0 Å². The van der Waals surface area contributed by atoms with Gasteiger partial charge in [-0.05, 0) is 88.5 Å². The van der Waals surface area contributed by atoms with Gasteiger partial charge in [0.05, 0.1) is 27.8 Å². The lowest BCUT2D eigenvalue weighted by atomic mass is 9.91. The summed E-state index contributed by atoms with van der Waals surface area (Å²) in [4.78, 5) is 1.39. The molecule has 3 heteroatoms. The van der Waals surface area contributed by atoms with E-state index in [1.54, 1.807) is 0 Å². The maximum Gasteiger partial charge on any atom is 0.0541 e. The number of rotatable bonds is 4. The Morgan fingerprint density at radius 3 is 1.71 bits per heavy atom. The summed E-state index contributed by atoms with van der Waals surface area (Å²) >= 11 is 1.99. The Kier molecular flexibility index (Phi) is 6.34. The summed E-state index contributed by atoms with van der Waals surface area (Å²) in [6.45, 7) is 0. The molecule has 0 fully saturated rings. The fourth-order valence-electron chi connectivity index (χ4n) is 8.55. The SMILES string of the molecule is C1=CC2Sc3cccc(-n4c5ccccc5c5cc(-c6ccc7c(c6)c6ccccc6n7-c6ccc(-c7ccccc7)cc6)ccc54)c3C2C=C1. The Labute approximate surface area is 300 Å². The number of aromatic nitrogens is 2. The quantitative estimate of drug-likeness (QED) is 0.181. The second kappa shape index (κ2) is 11.2. The molecule has 2 nitrogen and oxygen atoms in total. The molecular weight excluding hydrogens is 637 g/mol. The van der Waals surface area contributed by atoms with Crippen LogP contribution in [0.15, 0.2) is 187 Å². The normalized spacial score (nSPS) is 16.4. The summed E-state index contributed by atoms with van der Waals surface area (Å²) in [5.41, 5.74) is 13.7. The molecule has 0 saturated heterocycles. The third-order valence-corrected chi connectivity index (χ3v) is 12.2. The van der Waals surface area contributed by atoms with Crippen LogP contribution < -0.4 is 0 Å². The molecule has 7 aromatic carbocycles. The standard InChI is InChI=1S/C48H32N2S/c1-2-11-31(12-3-1)32-21-25-35(26-22-32)49-41-16-7-4-13-36(41)39-29-33(23-27-43(39)49)34-24-28-44-40(30-34)37-14-5-8-17-42(37)50(44)45-18-10-20-47-48(45)38-15-6-9-19-46(38)51-47/h1-30,38,46H. The molecule has 2 atom stereocenters. The zero-order valence-electron chi connectivity index (χ0n) is 27.8. The monoisotopic (exact) mass is 668 g/mol. The third-order valence-electron chi connectivity index (χ3n) is 10.9. The molecule has 51 heavy (non-hydrogen) atoms. The summed E-state index contributed by atoms with van der Waals surface area (Å²) in [7, 11) is 0. The highest BCUT2D eigenvalue weighted by Crippen LogP contribution is 2.51. The van der Waals surface area contributed by atoms with Crippen molar-refractivity contribution in [2.24, 2.45) is 0 Å². The van der Waals surface area contributed by atoms with Gasteiger partial charge in [0.15, 0.2) is 0 Å². The molecule has 240 valence electrons. The maximum atomic E-state index is 2.50. The Morgan fingerprint density at radius 2 is 0.980 bits per heavy atom. The smallest absolute Gasteiger partial charge is 0.0541 e. The third kappa shape index (κ3) is 4.38. The molecule has 11 rings (SSSR count). The van der Waals surface area contributed by atoms with Crippen LogP contribution in [-0.4, -0.2) is 14.4 Å². The van der Waals surface area contributed by atoms with Gasteiger partial charge in [-0.25, -0.2) is 0 Å². The summed E-state index contributed by atoms with van der Waals surface area (Å²) < 4.78 is 4.90. The zero-order valence-corrected chi connectivity index (χ0v) is 28.6. The van der Waals surface area contributed by atoms with E-state index in [1.165, 1.54) is 87.7 Å². The lowest BCUT2D eigenvalue weighted by Gasteiger charge is -2.19. The number of benzene rings is 7. The molecule has 2 unspecified atom stereocenters. The largest absolute Gasteiger partial charge is 0.309 e. The molecule has 0 spiro atoms. The second-order valence-electron chi connectivity index (χ2n) is 13.6. The van der Waals surface area contributed by atoms with E-state index in [0.717, 1.165) is 0 Å². The van der Waals surface area contributed by atoms with E-state index in [0.29, 0.717) is 11.2 Å². The predicted octanol–water partition coefficient (Wildman–Crippen LogP) is 12.9. The molecule has 0 N–H and O–H groups in total. The zero-order chi connectivity index (χ0) is 33.5. The van der Waals surface area contributed by atoms with E-state index >= 15 is 0 Å². The fourth-order valence-corrected chi connectivity index (χ4v) is 9.91. The average molecular weight is 669 g/mol. The number of hydrogen-bond acceptors (Lipinski definition) is 1. The van der Waals surface area contributed by atoms with E-state index in [1.807, 2.05) is 11.8 Å².